The monoisotopic (exact) mass is 353 g/mol. The van der Waals surface area contributed by atoms with Crippen molar-refractivity contribution in [1.82, 2.24) is 0 Å². The van der Waals surface area contributed by atoms with E-state index in [0.717, 1.165) is 22.5 Å². The Kier molecular flexibility index (Phi) is 6.12. The van der Waals surface area contributed by atoms with E-state index in [9.17, 15) is 5.11 Å². The van der Waals surface area contributed by atoms with Crippen molar-refractivity contribution in [3.8, 4) is 0 Å². The van der Waals surface area contributed by atoms with Crippen LogP contribution in [0, 0.1) is 5.92 Å². The molecule has 0 radical (unpaired) electrons. The van der Waals surface area contributed by atoms with Crippen LogP contribution in [0.5, 0.6) is 0 Å². The number of halogens is 1. The minimum Gasteiger partial charge on any atom is -0.389 e. The zero-order valence-corrected chi connectivity index (χ0v) is 15.1. The van der Waals surface area contributed by atoms with E-state index in [1.165, 1.54) is 37.8 Å². The van der Waals surface area contributed by atoms with E-state index in [2.05, 4.69) is 52.9 Å². The fourth-order valence-corrected chi connectivity index (χ4v) is 3.75. The van der Waals surface area contributed by atoms with Crippen molar-refractivity contribution in [3.05, 3.63) is 28.2 Å². The standard InChI is InChI=1S/C18H28BrNO/c1-13(2)10-11-20(16-6-4-5-7-16)18-9-8-15(14(3)21)12-17(18)19/h8-9,12-14,16,21H,4-7,10-11H2,1-3H3/t14-/m1/s1. The van der Waals surface area contributed by atoms with Gasteiger partial charge in [0.15, 0.2) is 0 Å². The van der Waals surface area contributed by atoms with Crippen molar-refractivity contribution in [1.29, 1.82) is 0 Å². The summed E-state index contributed by atoms with van der Waals surface area (Å²) in [5, 5.41) is 9.73. The lowest BCUT2D eigenvalue weighted by atomic mass is 10.1. The van der Waals surface area contributed by atoms with Gasteiger partial charge in [0.25, 0.3) is 0 Å². The van der Waals surface area contributed by atoms with Gasteiger partial charge in [-0.25, -0.2) is 0 Å². The van der Waals surface area contributed by atoms with Gasteiger partial charge in [-0.1, -0.05) is 32.8 Å². The van der Waals surface area contributed by atoms with Crippen LogP contribution in [0.25, 0.3) is 0 Å². The van der Waals surface area contributed by atoms with E-state index in [0.29, 0.717) is 6.04 Å². The van der Waals surface area contributed by atoms with Gasteiger partial charge in [0.2, 0.25) is 0 Å². The highest BCUT2D eigenvalue weighted by molar-refractivity contribution is 9.10. The van der Waals surface area contributed by atoms with Crippen molar-refractivity contribution in [2.75, 3.05) is 11.4 Å². The molecule has 1 saturated carbocycles. The van der Waals surface area contributed by atoms with E-state index in [4.69, 9.17) is 0 Å². The first-order valence-electron chi connectivity index (χ1n) is 8.23. The Morgan fingerprint density at radius 1 is 1.24 bits per heavy atom. The molecule has 1 fully saturated rings. The van der Waals surface area contributed by atoms with Gasteiger partial charge < -0.3 is 10.0 Å². The molecule has 1 N–H and O–H groups in total. The molecule has 1 aromatic rings. The van der Waals surface area contributed by atoms with Gasteiger partial charge >= 0.3 is 0 Å². The van der Waals surface area contributed by atoms with E-state index in [1.54, 1.807) is 0 Å². The molecular formula is C18H28BrNO. The Bertz CT molecular complexity index is 453. The first-order chi connectivity index (χ1) is 9.99. The van der Waals surface area contributed by atoms with Gasteiger partial charge in [0, 0.05) is 17.1 Å². The van der Waals surface area contributed by atoms with Crippen LogP contribution in [0.1, 0.15) is 64.5 Å². The number of benzene rings is 1. The van der Waals surface area contributed by atoms with Gasteiger partial charge in [-0.3, -0.25) is 0 Å². The van der Waals surface area contributed by atoms with Gasteiger partial charge in [-0.15, -0.1) is 0 Å². The number of anilines is 1. The van der Waals surface area contributed by atoms with Crippen molar-refractivity contribution >= 4 is 21.6 Å². The molecule has 0 heterocycles. The summed E-state index contributed by atoms with van der Waals surface area (Å²) >= 11 is 3.72. The smallest absolute Gasteiger partial charge is 0.0762 e. The quantitative estimate of drug-likeness (QED) is 0.750. The molecule has 3 heteroatoms. The summed E-state index contributed by atoms with van der Waals surface area (Å²) in [6.07, 6.45) is 6.14. The third-order valence-electron chi connectivity index (χ3n) is 4.48. The van der Waals surface area contributed by atoms with Gasteiger partial charge in [-0.2, -0.15) is 0 Å². The summed E-state index contributed by atoms with van der Waals surface area (Å²) in [5.74, 6) is 0.726. The van der Waals surface area contributed by atoms with Crippen LogP contribution in [0.4, 0.5) is 5.69 Å². The lowest BCUT2D eigenvalue weighted by Crippen LogP contribution is -2.35. The van der Waals surface area contributed by atoms with Crippen molar-refractivity contribution in [3.63, 3.8) is 0 Å². The summed E-state index contributed by atoms with van der Waals surface area (Å²) < 4.78 is 1.11. The predicted octanol–water partition coefficient (Wildman–Crippen LogP) is 5.30. The van der Waals surface area contributed by atoms with E-state index in [-0.39, 0.29) is 0 Å². The Balaban J connectivity index is 2.22. The normalized spacial score (nSPS) is 17.4. The summed E-state index contributed by atoms with van der Waals surface area (Å²) in [5.41, 5.74) is 2.26. The summed E-state index contributed by atoms with van der Waals surface area (Å²) in [4.78, 5) is 2.59. The molecule has 0 aromatic heterocycles. The molecule has 0 saturated heterocycles. The molecule has 1 aliphatic rings. The molecule has 0 unspecified atom stereocenters. The van der Waals surface area contributed by atoms with E-state index >= 15 is 0 Å². The Morgan fingerprint density at radius 2 is 1.90 bits per heavy atom. The Hall–Kier alpha value is -0.540. The molecule has 118 valence electrons. The first kappa shape index (κ1) is 16.8. The van der Waals surface area contributed by atoms with Crippen LogP contribution in [0.3, 0.4) is 0 Å². The first-order valence-corrected chi connectivity index (χ1v) is 9.02. The highest BCUT2D eigenvalue weighted by Crippen LogP contribution is 2.35. The highest BCUT2D eigenvalue weighted by Gasteiger charge is 2.24. The van der Waals surface area contributed by atoms with Gasteiger partial charge in [0.05, 0.1) is 11.8 Å². The predicted molar refractivity (Wildman–Crippen MR) is 93.8 cm³/mol. The molecule has 1 aliphatic carbocycles. The molecule has 1 atom stereocenters. The molecule has 2 rings (SSSR count). The topological polar surface area (TPSA) is 23.5 Å². The third-order valence-corrected chi connectivity index (χ3v) is 5.11. The van der Waals surface area contributed by atoms with Crippen molar-refractivity contribution < 1.29 is 5.11 Å². The Labute approximate surface area is 137 Å². The van der Waals surface area contributed by atoms with Crippen LogP contribution >= 0.6 is 15.9 Å². The maximum atomic E-state index is 9.73. The number of aliphatic hydroxyl groups excluding tert-OH is 1. The van der Waals surface area contributed by atoms with Gasteiger partial charge in [0.1, 0.15) is 0 Å². The van der Waals surface area contributed by atoms with Crippen molar-refractivity contribution in [2.24, 2.45) is 5.92 Å². The van der Waals surface area contributed by atoms with Crippen LogP contribution in [0.2, 0.25) is 0 Å². The lowest BCUT2D eigenvalue weighted by molar-refractivity contribution is 0.199. The van der Waals surface area contributed by atoms with Gasteiger partial charge in [-0.05, 0) is 65.7 Å². The van der Waals surface area contributed by atoms with Crippen molar-refractivity contribution in [2.45, 2.75) is 65.0 Å². The zero-order chi connectivity index (χ0) is 15.4. The maximum Gasteiger partial charge on any atom is 0.0762 e. The zero-order valence-electron chi connectivity index (χ0n) is 13.5. The third kappa shape index (κ3) is 4.46. The number of nitrogens with zero attached hydrogens (tertiary/aromatic N) is 1. The van der Waals surface area contributed by atoms with Crippen LogP contribution in [-0.4, -0.2) is 17.7 Å². The molecular weight excluding hydrogens is 326 g/mol. The molecule has 2 nitrogen and oxygen atoms in total. The molecule has 0 aliphatic heterocycles. The average Bonchev–Trinajstić information content (AvgIpc) is 2.94. The second-order valence-electron chi connectivity index (χ2n) is 6.70. The lowest BCUT2D eigenvalue weighted by Gasteiger charge is -2.33. The summed E-state index contributed by atoms with van der Waals surface area (Å²) in [7, 11) is 0. The number of rotatable bonds is 6. The van der Waals surface area contributed by atoms with Crippen LogP contribution in [0.15, 0.2) is 22.7 Å². The highest BCUT2D eigenvalue weighted by atomic mass is 79.9. The largest absolute Gasteiger partial charge is 0.389 e. The number of hydrogen-bond acceptors (Lipinski definition) is 2. The molecule has 0 spiro atoms. The number of hydrogen-bond donors (Lipinski definition) is 1. The van der Waals surface area contributed by atoms with E-state index < -0.39 is 6.10 Å². The fraction of sp³-hybridized carbons (Fsp3) is 0.667. The molecule has 0 amide bonds. The SMILES string of the molecule is CC(C)CCN(c1ccc([C@@H](C)O)cc1Br)C1CCCC1. The second kappa shape index (κ2) is 7.64. The minimum absolute atomic E-state index is 0.411. The van der Waals surface area contributed by atoms with Crippen LogP contribution < -0.4 is 4.90 Å². The summed E-state index contributed by atoms with van der Waals surface area (Å²) in [6.45, 7) is 7.51. The Morgan fingerprint density at radius 3 is 2.43 bits per heavy atom. The maximum absolute atomic E-state index is 9.73. The van der Waals surface area contributed by atoms with E-state index in [1.807, 2.05) is 6.92 Å². The second-order valence-corrected chi connectivity index (χ2v) is 7.56. The fourth-order valence-electron chi connectivity index (χ4n) is 3.13. The molecule has 0 bridgehead atoms. The average molecular weight is 354 g/mol. The summed E-state index contributed by atoms with van der Waals surface area (Å²) in [6, 6.07) is 6.97. The van der Waals surface area contributed by atoms with Crippen LogP contribution in [-0.2, 0) is 0 Å². The number of aliphatic hydroxyl groups is 1. The molecule has 21 heavy (non-hydrogen) atoms. The minimum atomic E-state index is -0.411. The molecule has 1 aromatic carbocycles.